The summed E-state index contributed by atoms with van der Waals surface area (Å²) >= 11 is 0. The molecule has 0 aromatic heterocycles. The summed E-state index contributed by atoms with van der Waals surface area (Å²) in [6.45, 7) is 8.00. The summed E-state index contributed by atoms with van der Waals surface area (Å²) < 4.78 is 0. The SMILES string of the molecule is CC.CC.O=C=Nc1ccccc1. The largest absolute Gasteiger partial charge is 0.240 e. The Bertz CT molecular complexity index is 225. The molecule has 0 aliphatic rings. The maximum atomic E-state index is 9.68. The quantitative estimate of drug-likeness (QED) is 0.477. The Kier molecular flexibility index (Phi) is 14.4. The van der Waals surface area contributed by atoms with Crippen LogP contribution in [0.3, 0.4) is 0 Å². The van der Waals surface area contributed by atoms with E-state index >= 15 is 0 Å². The van der Waals surface area contributed by atoms with Crippen LogP contribution in [0.15, 0.2) is 35.3 Å². The van der Waals surface area contributed by atoms with Crippen LogP contribution in [-0.4, -0.2) is 6.08 Å². The molecular weight excluding hydrogens is 162 g/mol. The van der Waals surface area contributed by atoms with Gasteiger partial charge in [-0.25, -0.2) is 4.79 Å². The van der Waals surface area contributed by atoms with Crippen molar-refractivity contribution >= 4 is 11.8 Å². The molecule has 0 saturated carbocycles. The van der Waals surface area contributed by atoms with E-state index < -0.39 is 0 Å². The zero-order chi connectivity index (χ0) is 10.5. The number of hydrogen-bond acceptors (Lipinski definition) is 2. The number of nitrogens with zero attached hydrogens (tertiary/aromatic N) is 1. The molecule has 0 spiro atoms. The van der Waals surface area contributed by atoms with Gasteiger partial charge in [-0.15, -0.1) is 0 Å². The van der Waals surface area contributed by atoms with Gasteiger partial charge in [0.15, 0.2) is 0 Å². The average Bonchev–Trinajstić information content (AvgIpc) is 2.26. The molecule has 0 saturated heterocycles. The van der Waals surface area contributed by atoms with Gasteiger partial charge in [0, 0.05) is 0 Å². The number of benzene rings is 1. The standard InChI is InChI=1S/C7H5NO.2C2H6/c9-6-8-7-4-2-1-3-5-7;2*1-2/h1-5H;2*1-2H3. The second kappa shape index (κ2) is 13.2. The molecule has 1 rings (SSSR count). The van der Waals surface area contributed by atoms with Crippen molar-refractivity contribution in [3.8, 4) is 0 Å². The van der Waals surface area contributed by atoms with Crippen LogP contribution in [0.1, 0.15) is 27.7 Å². The van der Waals surface area contributed by atoms with Gasteiger partial charge in [-0.2, -0.15) is 4.99 Å². The third-order valence-corrected chi connectivity index (χ3v) is 0.931. The predicted octanol–water partition coefficient (Wildman–Crippen LogP) is 3.71. The van der Waals surface area contributed by atoms with Gasteiger partial charge in [0.25, 0.3) is 0 Å². The summed E-state index contributed by atoms with van der Waals surface area (Å²) in [7, 11) is 0. The minimum Gasteiger partial charge on any atom is -0.211 e. The predicted molar refractivity (Wildman–Crippen MR) is 56.9 cm³/mol. The Hall–Kier alpha value is -1.40. The molecule has 2 heteroatoms. The van der Waals surface area contributed by atoms with E-state index in [1.807, 2.05) is 45.9 Å². The normalized spacial score (nSPS) is 6.46. The van der Waals surface area contributed by atoms with E-state index in [1.165, 1.54) is 6.08 Å². The zero-order valence-corrected chi connectivity index (χ0v) is 8.74. The summed E-state index contributed by atoms with van der Waals surface area (Å²) in [6.07, 6.45) is 1.46. The van der Waals surface area contributed by atoms with Crippen molar-refractivity contribution in [3.63, 3.8) is 0 Å². The first-order valence-electron chi connectivity index (χ1n) is 4.56. The van der Waals surface area contributed by atoms with E-state index in [-0.39, 0.29) is 0 Å². The van der Waals surface area contributed by atoms with Crippen LogP contribution < -0.4 is 0 Å². The van der Waals surface area contributed by atoms with Gasteiger partial charge < -0.3 is 0 Å². The highest BCUT2D eigenvalue weighted by molar-refractivity contribution is 5.47. The van der Waals surface area contributed by atoms with Gasteiger partial charge in [-0.05, 0) is 12.1 Å². The molecule has 0 heterocycles. The lowest BCUT2D eigenvalue weighted by Gasteiger charge is -1.83. The van der Waals surface area contributed by atoms with Crippen molar-refractivity contribution < 1.29 is 4.79 Å². The minimum atomic E-state index is 0.646. The van der Waals surface area contributed by atoms with E-state index in [0.717, 1.165) is 0 Å². The van der Waals surface area contributed by atoms with Crippen LogP contribution in [0.5, 0.6) is 0 Å². The van der Waals surface area contributed by atoms with E-state index in [9.17, 15) is 4.79 Å². The fourth-order valence-corrected chi connectivity index (χ4v) is 0.555. The van der Waals surface area contributed by atoms with E-state index in [0.29, 0.717) is 5.69 Å². The summed E-state index contributed by atoms with van der Waals surface area (Å²) in [5.74, 6) is 0. The molecule has 0 unspecified atom stereocenters. The highest BCUT2D eigenvalue weighted by Crippen LogP contribution is 2.06. The van der Waals surface area contributed by atoms with Gasteiger partial charge in [0.2, 0.25) is 6.08 Å². The highest BCUT2D eigenvalue weighted by atomic mass is 16.1. The molecule has 72 valence electrons. The first-order chi connectivity index (χ1) is 6.43. The topological polar surface area (TPSA) is 29.4 Å². The molecule has 0 N–H and O–H groups in total. The van der Waals surface area contributed by atoms with E-state index in [2.05, 4.69) is 4.99 Å². The highest BCUT2D eigenvalue weighted by Gasteiger charge is 1.79. The third-order valence-electron chi connectivity index (χ3n) is 0.931. The first-order valence-corrected chi connectivity index (χ1v) is 4.56. The summed E-state index contributed by atoms with van der Waals surface area (Å²) in [5, 5.41) is 0. The number of isocyanates is 1. The fraction of sp³-hybridized carbons (Fsp3) is 0.364. The Morgan fingerprint density at radius 1 is 1.00 bits per heavy atom. The van der Waals surface area contributed by atoms with Crippen molar-refractivity contribution in [2.75, 3.05) is 0 Å². The van der Waals surface area contributed by atoms with Crippen molar-refractivity contribution in [2.45, 2.75) is 27.7 Å². The lowest BCUT2D eigenvalue weighted by Crippen LogP contribution is -1.59. The van der Waals surface area contributed by atoms with Crippen molar-refractivity contribution in [2.24, 2.45) is 4.99 Å². The molecule has 2 nitrogen and oxygen atoms in total. The molecule has 0 radical (unpaired) electrons. The molecule has 13 heavy (non-hydrogen) atoms. The molecule has 0 amide bonds. The molecule has 0 aliphatic carbocycles. The van der Waals surface area contributed by atoms with Crippen LogP contribution >= 0.6 is 0 Å². The van der Waals surface area contributed by atoms with Gasteiger partial charge in [-0.1, -0.05) is 45.9 Å². The van der Waals surface area contributed by atoms with Crippen molar-refractivity contribution in [1.29, 1.82) is 0 Å². The molecule has 0 atom stereocenters. The van der Waals surface area contributed by atoms with Gasteiger partial charge in [0.1, 0.15) is 0 Å². The Morgan fingerprint density at radius 3 is 1.85 bits per heavy atom. The molecule has 1 aromatic rings. The Labute approximate surface area is 80.3 Å². The average molecular weight is 179 g/mol. The smallest absolute Gasteiger partial charge is 0.211 e. The second-order valence-electron chi connectivity index (χ2n) is 1.54. The third kappa shape index (κ3) is 8.51. The Balaban J connectivity index is 0. The van der Waals surface area contributed by atoms with Crippen molar-refractivity contribution in [3.05, 3.63) is 30.3 Å². The monoisotopic (exact) mass is 179 g/mol. The van der Waals surface area contributed by atoms with Crippen LogP contribution in [0.4, 0.5) is 5.69 Å². The summed E-state index contributed by atoms with van der Waals surface area (Å²) in [6, 6.07) is 8.98. The molecule has 1 aromatic carbocycles. The number of carbonyl (C=O) groups excluding carboxylic acids is 1. The van der Waals surface area contributed by atoms with Gasteiger partial charge in [-0.3, -0.25) is 0 Å². The number of rotatable bonds is 1. The first kappa shape index (κ1) is 14.1. The molecular formula is C11H17NO. The van der Waals surface area contributed by atoms with Gasteiger partial charge >= 0.3 is 0 Å². The summed E-state index contributed by atoms with van der Waals surface area (Å²) in [4.78, 5) is 13.1. The van der Waals surface area contributed by atoms with E-state index in [4.69, 9.17) is 0 Å². The molecule has 0 bridgehead atoms. The van der Waals surface area contributed by atoms with Crippen LogP contribution in [-0.2, 0) is 4.79 Å². The zero-order valence-electron chi connectivity index (χ0n) is 8.74. The van der Waals surface area contributed by atoms with Crippen LogP contribution in [0, 0.1) is 0 Å². The molecule has 0 fully saturated rings. The lowest BCUT2D eigenvalue weighted by molar-refractivity contribution is 0.565. The minimum absolute atomic E-state index is 0.646. The van der Waals surface area contributed by atoms with Crippen LogP contribution in [0.2, 0.25) is 0 Å². The molecule has 0 aliphatic heterocycles. The Morgan fingerprint density at radius 2 is 1.46 bits per heavy atom. The van der Waals surface area contributed by atoms with Crippen molar-refractivity contribution in [1.82, 2.24) is 0 Å². The van der Waals surface area contributed by atoms with Crippen LogP contribution in [0.25, 0.3) is 0 Å². The number of aliphatic imine (C=N–C) groups is 1. The van der Waals surface area contributed by atoms with Gasteiger partial charge in [0.05, 0.1) is 5.69 Å². The second-order valence-corrected chi connectivity index (χ2v) is 1.54. The van der Waals surface area contributed by atoms with E-state index in [1.54, 1.807) is 12.1 Å². The maximum Gasteiger partial charge on any atom is 0.240 e. The lowest BCUT2D eigenvalue weighted by atomic mass is 10.3. The summed E-state index contributed by atoms with van der Waals surface area (Å²) in [5.41, 5.74) is 0.646. The maximum absolute atomic E-state index is 9.68. The number of para-hydroxylation sites is 1. The fourth-order valence-electron chi connectivity index (χ4n) is 0.555. The number of hydrogen-bond donors (Lipinski definition) is 0.